The number of aromatic amines is 2. The Morgan fingerprint density at radius 3 is 1.42 bits per heavy atom. The molecule has 422 valence electrons. The van der Waals surface area contributed by atoms with Crippen molar-refractivity contribution in [2.24, 2.45) is 11.8 Å². The summed E-state index contributed by atoms with van der Waals surface area (Å²) in [7, 11) is 6.25. The van der Waals surface area contributed by atoms with Gasteiger partial charge in [0.15, 0.2) is 0 Å². The predicted molar refractivity (Wildman–Crippen MR) is 321 cm³/mol. The summed E-state index contributed by atoms with van der Waals surface area (Å²) in [5, 5.41) is 22.0. The standard InChI is InChI=1S/C29H37ClN8O.C28H35ClN8O.2CH4/c1-6-26(39)36-7-9-37(10-8-36)28-21-11-17(2)20(27-18(3)23(30)13-25-22(27)14-31-34-25)12-24(21)32-29(33-28)38-15-19(16-38)35(4)5;1-5-25(38)35-6-8-36(9-7-35)27-20-10-16(2)19(26-17(3)22(29)12-24-21(26)13-31-34-24)11-23(20)32-28(33-27)37-14-18(15-37)30-4;;/h6,13-14,17,19-20H,1,7-12,15-16H2,2-5H3,(H,31,34);5,12-13,16,18-19,30H,1,6-11,14-15H2,2-4H3,(H,31,34);2*1H4/t17-,20-;16-,19-;;/m11../s1. The number of hydrogen-bond acceptors (Lipinski definition) is 14. The minimum atomic E-state index is -0.00680. The normalized spacial score (nSPS) is 21.3. The highest BCUT2D eigenvalue weighted by Crippen LogP contribution is 2.47. The average molecular weight is 1120 g/mol. The third-order valence-electron chi connectivity index (χ3n) is 17.7. The zero-order valence-corrected chi connectivity index (χ0v) is 47.1. The maximum Gasteiger partial charge on any atom is 0.246 e. The van der Waals surface area contributed by atoms with Crippen molar-refractivity contribution in [2.45, 2.75) is 92.2 Å². The average Bonchev–Trinajstić information content (AvgIpc) is 4.21. The zero-order valence-electron chi connectivity index (χ0n) is 45.5. The van der Waals surface area contributed by atoms with E-state index in [1.807, 2.05) is 41.4 Å². The van der Waals surface area contributed by atoms with E-state index in [1.54, 1.807) is 0 Å². The van der Waals surface area contributed by atoms with Crippen LogP contribution >= 0.6 is 23.2 Å². The number of halogens is 2. The summed E-state index contributed by atoms with van der Waals surface area (Å²) in [5.74, 6) is 5.00. The van der Waals surface area contributed by atoms with E-state index in [9.17, 15) is 9.59 Å². The summed E-state index contributed by atoms with van der Waals surface area (Å²) in [6, 6.07) is 4.92. The third kappa shape index (κ3) is 10.8. The lowest BCUT2D eigenvalue weighted by Gasteiger charge is -2.44. The fourth-order valence-corrected chi connectivity index (χ4v) is 13.1. The molecule has 4 aromatic heterocycles. The second-order valence-electron chi connectivity index (χ2n) is 22.4. The Hall–Kier alpha value is -6.34. The molecule has 4 fully saturated rings. The molecule has 2 aromatic carbocycles. The summed E-state index contributed by atoms with van der Waals surface area (Å²) >= 11 is 13.4. The van der Waals surface area contributed by atoms with Gasteiger partial charge in [-0.2, -0.15) is 20.2 Å². The first kappa shape index (κ1) is 57.3. The first-order valence-corrected chi connectivity index (χ1v) is 28.1. The van der Waals surface area contributed by atoms with Crippen molar-refractivity contribution in [1.29, 1.82) is 0 Å². The van der Waals surface area contributed by atoms with Crippen molar-refractivity contribution in [3.05, 3.63) is 105 Å². The molecule has 4 saturated heterocycles. The second-order valence-corrected chi connectivity index (χ2v) is 23.2. The lowest BCUT2D eigenvalue weighted by Crippen LogP contribution is -2.58. The number of likely N-dealkylation sites (N-methyl/N-ethyl adjacent to an activating group) is 2. The second kappa shape index (κ2) is 23.4. The van der Waals surface area contributed by atoms with Crippen LogP contribution in [-0.4, -0.2) is 179 Å². The van der Waals surface area contributed by atoms with Gasteiger partial charge in [-0.25, -0.2) is 9.97 Å². The van der Waals surface area contributed by atoms with Crippen LogP contribution in [0.3, 0.4) is 0 Å². The highest BCUT2D eigenvalue weighted by Gasteiger charge is 2.39. The number of rotatable bonds is 10. The SMILES string of the molecule is C.C.C=CC(=O)N1CCN(c2nc(N3CC(N(C)C)C3)nc3c2C[C@@H](C)[C@H](c2c(C)c(Cl)cc4[nH]ncc24)C3)CC1.C=CC(=O)N1CCN(c2nc(N3CC(NC)C3)nc3c2C[C@@H](C)[C@H](c2c(C)c(Cl)cc4[nH]ncc24)C3)CC1. The molecule has 0 saturated carbocycles. The minimum absolute atomic E-state index is 0. The Balaban J connectivity index is 0.000000187. The van der Waals surface area contributed by atoms with Gasteiger partial charge in [-0.15, -0.1) is 0 Å². The van der Waals surface area contributed by atoms with Crippen molar-refractivity contribution >= 4 is 80.4 Å². The van der Waals surface area contributed by atoms with Crippen LogP contribution in [0.15, 0.2) is 49.8 Å². The summed E-state index contributed by atoms with van der Waals surface area (Å²) in [6.45, 7) is 25.5. The van der Waals surface area contributed by atoms with E-state index < -0.39 is 0 Å². The molecule has 12 rings (SSSR count). The number of carbonyl (C=O) groups excluding carboxylic acids is 2. The Bertz CT molecular complexity index is 3240. The molecule has 3 N–H and O–H groups in total. The van der Waals surface area contributed by atoms with E-state index >= 15 is 0 Å². The van der Waals surface area contributed by atoms with Crippen molar-refractivity contribution in [3.63, 3.8) is 0 Å². The molecular weight excluding hydrogens is 1040 g/mol. The summed E-state index contributed by atoms with van der Waals surface area (Å²) < 4.78 is 0. The number of nitrogens with one attached hydrogen (secondary N) is 3. The van der Waals surface area contributed by atoms with Gasteiger partial charge in [0, 0.05) is 123 Å². The van der Waals surface area contributed by atoms with Gasteiger partial charge in [-0.3, -0.25) is 19.8 Å². The van der Waals surface area contributed by atoms with E-state index in [-0.39, 0.29) is 38.5 Å². The van der Waals surface area contributed by atoms with Crippen LogP contribution in [0.25, 0.3) is 21.8 Å². The van der Waals surface area contributed by atoms with Gasteiger partial charge >= 0.3 is 0 Å². The van der Waals surface area contributed by atoms with E-state index in [1.165, 1.54) is 34.4 Å². The fraction of sp³-hybridized carbons (Fsp3) is 0.525. The summed E-state index contributed by atoms with van der Waals surface area (Å²) in [4.78, 5) is 60.3. The third-order valence-corrected chi connectivity index (χ3v) is 18.5. The molecule has 0 bridgehead atoms. The van der Waals surface area contributed by atoms with E-state index in [2.05, 4.69) is 105 Å². The van der Waals surface area contributed by atoms with Crippen molar-refractivity contribution in [3.8, 4) is 0 Å². The molecule has 2 amide bonds. The highest BCUT2D eigenvalue weighted by atomic mass is 35.5. The quantitative estimate of drug-likeness (QED) is 0.113. The van der Waals surface area contributed by atoms with E-state index in [0.717, 1.165) is 156 Å². The monoisotopic (exact) mass is 1110 g/mol. The largest absolute Gasteiger partial charge is 0.353 e. The molecule has 6 aromatic rings. The lowest BCUT2D eigenvalue weighted by atomic mass is 9.73. The molecule has 8 heterocycles. The number of nitrogens with zero attached hydrogens (tertiary/aromatic N) is 13. The first-order chi connectivity index (χ1) is 37.1. The van der Waals surface area contributed by atoms with Crippen LogP contribution in [0.4, 0.5) is 23.5 Å². The van der Waals surface area contributed by atoms with E-state index in [4.69, 9.17) is 43.1 Å². The number of benzene rings is 2. The van der Waals surface area contributed by atoms with Gasteiger partial charge in [0.05, 0.1) is 34.8 Å². The van der Waals surface area contributed by atoms with Gasteiger partial charge in [0.1, 0.15) is 11.6 Å². The van der Waals surface area contributed by atoms with E-state index in [0.29, 0.717) is 50.1 Å². The van der Waals surface area contributed by atoms with Crippen molar-refractivity contribution < 1.29 is 9.59 Å². The molecule has 20 heteroatoms. The van der Waals surface area contributed by atoms with Gasteiger partial charge in [0.2, 0.25) is 23.7 Å². The van der Waals surface area contributed by atoms with Crippen LogP contribution in [0.1, 0.15) is 85.3 Å². The molecule has 6 aliphatic rings. The Labute approximate surface area is 476 Å². The maximum absolute atomic E-state index is 12.2. The van der Waals surface area contributed by atoms with Crippen molar-refractivity contribution in [1.82, 2.24) is 60.3 Å². The Morgan fingerprint density at radius 2 is 1.04 bits per heavy atom. The molecule has 79 heavy (non-hydrogen) atoms. The van der Waals surface area contributed by atoms with Gasteiger partial charge in [-0.05, 0) is 131 Å². The number of carbonyl (C=O) groups is 2. The summed E-state index contributed by atoms with van der Waals surface area (Å²) in [6.07, 6.45) is 10.1. The molecule has 18 nitrogen and oxygen atoms in total. The molecule has 4 aliphatic heterocycles. The molecule has 0 spiro atoms. The molecule has 0 unspecified atom stereocenters. The van der Waals surface area contributed by atoms with Crippen LogP contribution in [-0.2, 0) is 35.3 Å². The number of anilines is 4. The first-order valence-electron chi connectivity index (χ1n) is 27.3. The number of amides is 2. The topological polar surface area (TPSA) is 178 Å². The minimum Gasteiger partial charge on any atom is -0.353 e. The Morgan fingerprint density at radius 1 is 0.633 bits per heavy atom. The molecule has 4 atom stereocenters. The lowest BCUT2D eigenvalue weighted by molar-refractivity contribution is -0.127. The molecule has 0 radical (unpaired) electrons. The molecular formula is C59H80Cl2N16O2. The van der Waals surface area contributed by atoms with Crippen LogP contribution in [0.2, 0.25) is 10.0 Å². The Kier molecular flexibility index (Phi) is 17.0. The number of hydrogen-bond donors (Lipinski definition) is 3. The number of piperazine rings is 2. The van der Waals surface area contributed by atoms with Crippen LogP contribution in [0, 0.1) is 25.7 Å². The number of H-pyrrole nitrogens is 2. The van der Waals surface area contributed by atoms with Gasteiger partial charge < -0.3 is 39.6 Å². The van der Waals surface area contributed by atoms with Gasteiger partial charge in [-0.1, -0.05) is 65.1 Å². The van der Waals surface area contributed by atoms with Crippen LogP contribution < -0.4 is 24.9 Å². The number of aromatic nitrogens is 8. The van der Waals surface area contributed by atoms with Crippen molar-refractivity contribution in [2.75, 3.05) is 119 Å². The molecule has 2 aliphatic carbocycles. The fourth-order valence-electron chi connectivity index (χ4n) is 12.7. The van der Waals surface area contributed by atoms with Crippen LogP contribution in [0.5, 0.6) is 0 Å². The smallest absolute Gasteiger partial charge is 0.246 e. The highest BCUT2D eigenvalue weighted by molar-refractivity contribution is 6.32. The zero-order chi connectivity index (χ0) is 54.0. The number of fused-ring (bicyclic) bond motifs is 4. The maximum atomic E-state index is 12.2. The summed E-state index contributed by atoms with van der Waals surface area (Å²) in [5.41, 5.74) is 11.5. The predicted octanol–water partition coefficient (Wildman–Crippen LogP) is 7.77. The van der Waals surface area contributed by atoms with Gasteiger partial charge in [0.25, 0.3) is 0 Å².